The second-order valence-electron chi connectivity index (χ2n) is 4.81. The number of hydrogen-bond acceptors (Lipinski definition) is 3. The molecule has 5 nitrogen and oxygen atoms in total. The van der Waals surface area contributed by atoms with Crippen LogP contribution in [-0.4, -0.2) is 15.5 Å². The average molecular weight is 307 g/mol. The quantitative estimate of drug-likeness (QED) is 0.858. The number of nitrogens with zero attached hydrogens (tertiary/aromatic N) is 2. The van der Waals surface area contributed by atoms with E-state index in [0.717, 1.165) is 24.3 Å². The van der Waals surface area contributed by atoms with Gasteiger partial charge in [-0.25, -0.2) is 4.98 Å². The van der Waals surface area contributed by atoms with Gasteiger partial charge >= 0.3 is 0 Å². The number of aryl methyl sites for hydroxylation is 1. The number of carbonyl (C=O) groups excluding carboxylic acids is 1. The van der Waals surface area contributed by atoms with E-state index < -0.39 is 0 Å². The fraction of sp³-hybridized carbons (Fsp3) is 0.333. The van der Waals surface area contributed by atoms with Gasteiger partial charge in [-0.2, -0.15) is 0 Å². The first-order valence-electron chi connectivity index (χ1n) is 6.90. The van der Waals surface area contributed by atoms with Gasteiger partial charge in [0.2, 0.25) is 5.91 Å². The van der Waals surface area contributed by atoms with Crippen LogP contribution in [0.2, 0.25) is 5.02 Å². The van der Waals surface area contributed by atoms with E-state index in [2.05, 4.69) is 27.1 Å². The number of hydrogen-bond donors (Lipinski definition) is 2. The number of aromatic nitrogens is 2. The normalized spacial score (nSPS) is 10.4. The molecule has 0 aliphatic heterocycles. The van der Waals surface area contributed by atoms with Crippen LogP contribution in [0.5, 0.6) is 0 Å². The first kappa shape index (κ1) is 15.4. The number of benzene rings is 1. The Morgan fingerprint density at radius 3 is 2.90 bits per heavy atom. The molecule has 0 fully saturated rings. The maximum Gasteiger partial charge on any atom is 0.221 e. The summed E-state index contributed by atoms with van der Waals surface area (Å²) in [5, 5.41) is 6.50. The third-order valence-electron chi connectivity index (χ3n) is 3.02. The van der Waals surface area contributed by atoms with Gasteiger partial charge in [-0.15, -0.1) is 0 Å². The van der Waals surface area contributed by atoms with Gasteiger partial charge in [-0.1, -0.05) is 18.5 Å². The molecule has 0 saturated carbocycles. The zero-order chi connectivity index (χ0) is 15.2. The van der Waals surface area contributed by atoms with Gasteiger partial charge in [0.15, 0.2) is 0 Å². The van der Waals surface area contributed by atoms with E-state index >= 15 is 0 Å². The Balaban J connectivity index is 2.01. The third-order valence-corrected chi connectivity index (χ3v) is 3.33. The van der Waals surface area contributed by atoms with Crippen molar-refractivity contribution in [1.29, 1.82) is 0 Å². The van der Waals surface area contributed by atoms with Crippen LogP contribution in [0.25, 0.3) is 0 Å². The summed E-state index contributed by atoms with van der Waals surface area (Å²) in [6, 6.07) is 5.47. The number of halogens is 1. The Kier molecular flexibility index (Phi) is 5.22. The maximum atomic E-state index is 11.0. The Labute approximate surface area is 129 Å². The molecule has 6 heteroatoms. The van der Waals surface area contributed by atoms with Crippen molar-refractivity contribution >= 4 is 28.9 Å². The van der Waals surface area contributed by atoms with Crippen LogP contribution in [0.15, 0.2) is 30.7 Å². The summed E-state index contributed by atoms with van der Waals surface area (Å²) >= 11 is 6.14. The van der Waals surface area contributed by atoms with Gasteiger partial charge in [-0.3, -0.25) is 4.79 Å². The largest absolute Gasteiger partial charge is 0.379 e. The lowest BCUT2D eigenvalue weighted by Crippen LogP contribution is -2.08. The molecule has 21 heavy (non-hydrogen) atoms. The molecule has 112 valence electrons. The minimum atomic E-state index is -0.138. The van der Waals surface area contributed by atoms with E-state index in [1.54, 1.807) is 12.1 Å². The molecular formula is C15H19ClN4O. The molecule has 0 unspecified atom stereocenters. The molecule has 0 bridgehead atoms. The monoisotopic (exact) mass is 306 g/mol. The first-order valence-corrected chi connectivity index (χ1v) is 7.28. The van der Waals surface area contributed by atoms with Gasteiger partial charge in [0, 0.05) is 25.4 Å². The van der Waals surface area contributed by atoms with Crippen molar-refractivity contribution in [2.24, 2.45) is 0 Å². The molecule has 0 aliphatic rings. The zero-order valence-corrected chi connectivity index (χ0v) is 12.9. The van der Waals surface area contributed by atoms with Crippen molar-refractivity contribution < 1.29 is 4.79 Å². The highest BCUT2D eigenvalue weighted by molar-refractivity contribution is 6.34. The summed E-state index contributed by atoms with van der Waals surface area (Å²) in [7, 11) is 0. The molecular weight excluding hydrogens is 288 g/mol. The highest BCUT2D eigenvalue weighted by atomic mass is 35.5. The standard InChI is InChI=1S/C15H19ClN4O/c1-3-6-20-10-17-8-13(20)9-18-12-4-5-15(14(16)7-12)19-11(2)21/h4-5,7-8,10,18H,3,6,9H2,1-2H3,(H,19,21). The molecule has 0 radical (unpaired) electrons. The number of anilines is 2. The summed E-state index contributed by atoms with van der Waals surface area (Å²) in [6.07, 6.45) is 4.77. The molecule has 2 N–H and O–H groups in total. The van der Waals surface area contributed by atoms with Gasteiger partial charge in [-0.05, 0) is 24.6 Å². The van der Waals surface area contributed by atoms with Crippen molar-refractivity contribution in [2.45, 2.75) is 33.4 Å². The molecule has 2 rings (SSSR count). The minimum absolute atomic E-state index is 0.138. The Morgan fingerprint density at radius 1 is 1.43 bits per heavy atom. The molecule has 1 aromatic carbocycles. The molecule has 0 aliphatic carbocycles. The highest BCUT2D eigenvalue weighted by Crippen LogP contribution is 2.25. The van der Waals surface area contributed by atoms with Crippen LogP contribution in [0.4, 0.5) is 11.4 Å². The highest BCUT2D eigenvalue weighted by Gasteiger charge is 2.05. The topological polar surface area (TPSA) is 59.0 Å². The second kappa shape index (κ2) is 7.13. The van der Waals surface area contributed by atoms with Crippen LogP contribution in [0.3, 0.4) is 0 Å². The van der Waals surface area contributed by atoms with E-state index in [1.165, 1.54) is 6.92 Å². The van der Waals surface area contributed by atoms with Crippen molar-refractivity contribution in [2.75, 3.05) is 10.6 Å². The SMILES string of the molecule is CCCn1cncc1CNc1ccc(NC(C)=O)c(Cl)c1. The number of nitrogens with one attached hydrogen (secondary N) is 2. The van der Waals surface area contributed by atoms with Crippen LogP contribution in [-0.2, 0) is 17.9 Å². The number of imidazole rings is 1. The van der Waals surface area contributed by atoms with Crippen molar-refractivity contribution in [3.05, 3.63) is 41.4 Å². The molecule has 1 heterocycles. The second-order valence-corrected chi connectivity index (χ2v) is 5.21. The summed E-state index contributed by atoms with van der Waals surface area (Å²) in [5.41, 5.74) is 2.64. The predicted octanol–water partition coefficient (Wildman–Crippen LogP) is 3.52. The molecule has 0 atom stereocenters. The van der Waals surface area contributed by atoms with Crippen molar-refractivity contribution in [3.8, 4) is 0 Å². The fourth-order valence-corrected chi connectivity index (χ4v) is 2.27. The van der Waals surface area contributed by atoms with Crippen molar-refractivity contribution in [3.63, 3.8) is 0 Å². The predicted molar refractivity (Wildman–Crippen MR) is 85.6 cm³/mol. The average Bonchev–Trinajstić information content (AvgIpc) is 2.87. The van der Waals surface area contributed by atoms with E-state index in [4.69, 9.17) is 11.6 Å². The van der Waals surface area contributed by atoms with Crippen LogP contribution in [0, 0.1) is 0 Å². The lowest BCUT2D eigenvalue weighted by molar-refractivity contribution is -0.114. The van der Waals surface area contributed by atoms with Crippen LogP contribution in [0.1, 0.15) is 26.0 Å². The van der Waals surface area contributed by atoms with Gasteiger partial charge in [0.05, 0.1) is 29.3 Å². The Hall–Kier alpha value is -2.01. The smallest absolute Gasteiger partial charge is 0.221 e. The maximum absolute atomic E-state index is 11.0. The van der Waals surface area contributed by atoms with Gasteiger partial charge in [0.25, 0.3) is 0 Å². The molecule has 1 amide bonds. The Morgan fingerprint density at radius 2 is 2.24 bits per heavy atom. The van der Waals surface area contributed by atoms with Crippen molar-refractivity contribution in [1.82, 2.24) is 9.55 Å². The summed E-state index contributed by atoms with van der Waals surface area (Å²) in [6.45, 7) is 5.23. The third kappa shape index (κ3) is 4.23. The summed E-state index contributed by atoms with van der Waals surface area (Å²) in [4.78, 5) is 15.2. The number of amides is 1. The number of carbonyl (C=O) groups is 1. The fourth-order valence-electron chi connectivity index (χ4n) is 2.05. The molecule has 1 aromatic heterocycles. The zero-order valence-electron chi connectivity index (χ0n) is 12.2. The van der Waals surface area contributed by atoms with E-state index in [-0.39, 0.29) is 5.91 Å². The van der Waals surface area contributed by atoms with Gasteiger partial charge in [0.1, 0.15) is 0 Å². The van der Waals surface area contributed by atoms with E-state index in [1.807, 2.05) is 18.6 Å². The van der Waals surface area contributed by atoms with Gasteiger partial charge < -0.3 is 15.2 Å². The van der Waals surface area contributed by atoms with Crippen LogP contribution < -0.4 is 10.6 Å². The minimum Gasteiger partial charge on any atom is -0.379 e. The summed E-state index contributed by atoms with van der Waals surface area (Å²) < 4.78 is 2.13. The lowest BCUT2D eigenvalue weighted by atomic mass is 10.2. The Bertz CT molecular complexity index is 624. The number of rotatable bonds is 6. The lowest BCUT2D eigenvalue weighted by Gasteiger charge is -2.11. The van der Waals surface area contributed by atoms with E-state index in [9.17, 15) is 4.79 Å². The molecule has 0 saturated heterocycles. The molecule has 0 spiro atoms. The summed E-state index contributed by atoms with van der Waals surface area (Å²) in [5.74, 6) is -0.138. The van der Waals surface area contributed by atoms with Crippen LogP contribution >= 0.6 is 11.6 Å². The molecule has 2 aromatic rings. The first-order chi connectivity index (χ1) is 10.1. The van der Waals surface area contributed by atoms with E-state index in [0.29, 0.717) is 17.3 Å².